The van der Waals surface area contributed by atoms with Gasteiger partial charge in [-0.05, 0) is 45.9 Å². The number of hydrogen-bond acceptors (Lipinski definition) is 9. The van der Waals surface area contributed by atoms with Crippen molar-refractivity contribution in [1.29, 1.82) is 0 Å². The second kappa shape index (κ2) is 9.17. The zero-order valence-electron chi connectivity index (χ0n) is 19.1. The molecule has 32 heavy (non-hydrogen) atoms. The topological polar surface area (TPSA) is 99.2 Å². The Bertz CT molecular complexity index is 1110. The summed E-state index contributed by atoms with van der Waals surface area (Å²) in [4.78, 5) is 35.5. The van der Waals surface area contributed by atoms with Crippen molar-refractivity contribution < 1.29 is 4.79 Å². The van der Waals surface area contributed by atoms with Gasteiger partial charge in [-0.3, -0.25) is 10.1 Å². The van der Waals surface area contributed by atoms with Crippen LogP contribution in [0.25, 0.3) is 0 Å². The summed E-state index contributed by atoms with van der Waals surface area (Å²) in [6.07, 6.45) is 1.57. The summed E-state index contributed by atoms with van der Waals surface area (Å²) < 4.78 is 0. The van der Waals surface area contributed by atoms with Crippen molar-refractivity contribution in [2.24, 2.45) is 0 Å². The Morgan fingerprint density at radius 1 is 1.00 bits per heavy atom. The summed E-state index contributed by atoms with van der Waals surface area (Å²) >= 11 is 1.26. The number of aryl methyl sites for hydroxylation is 4. The van der Waals surface area contributed by atoms with E-state index < -0.39 is 0 Å². The number of nitrogens with zero attached hydrogens (tertiary/aromatic N) is 6. The van der Waals surface area contributed by atoms with Crippen LogP contribution in [0.3, 0.4) is 0 Å². The number of aromatic nitrogens is 4. The van der Waals surface area contributed by atoms with Crippen LogP contribution in [0.15, 0.2) is 18.3 Å². The molecule has 0 spiro atoms. The number of hydrogen-bond donors (Lipinski definition) is 2. The van der Waals surface area contributed by atoms with E-state index in [9.17, 15) is 4.79 Å². The lowest BCUT2D eigenvalue weighted by Gasteiger charge is -2.32. The average molecular weight is 453 g/mol. The first-order valence-corrected chi connectivity index (χ1v) is 11.4. The zero-order valence-corrected chi connectivity index (χ0v) is 19.9. The third-order valence-electron chi connectivity index (χ3n) is 5.39. The van der Waals surface area contributed by atoms with Crippen molar-refractivity contribution in [2.45, 2.75) is 27.7 Å². The molecule has 168 valence electrons. The first-order valence-electron chi connectivity index (χ1n) is 10.6. The van der Waals surface area contributed by atoms with E-state index in [1.165, 1.54) is 16.9 Å². The molecule has 9 nitrogen and oxygen atoms in total. The summed E-state index contributed by atoms with van der Waals surface area (Å²) in [5.41, 5.74) is 4.09. The van der Waals surface area contributed by atoms with Crippen molar-refractivity contribution in [3.05, 3.63) is 45.7 Å². The van der Waals surface area contributed by atoms with Gasteiger partial charge in [-0.1, -0.05) is 29.0 Å². The third-order valence-corrected chi connectivity index (χ3v) is 6.30. The molecule has 1 saturated heterocycles. The van der Waals surface area contributed by atoms with Gasteiger partial charge in [0.25, 0.3) is 5.91 Å². The second-order valence-electron chi connectivity index (χ2n) is 8.18. The molecule has 0 aliphatic carbocycles. The predicted octanol–water partition coefficient (Wildman–Crippen LogP) is 3.31. The molecule has 0 saturated carbocycles. The summed E-state index contributed by atoms with van der Waals surface area (Å²) in [7, 11) is 2.11. The Balaban J connectivity index is 1.47. The Morgan fingerprint density at radius 3 is 2.38 bits per heavy atom. The van der Waals surface area contributed by atoms with Gasteiger partial charge in [0, 0.05) is 31.9 Å². The highest BCUT2D eigenvalue weighted by Gasteiger charge is 2.19. The molecule has 1 aliphatic rings. The van der Waals surface area contributed by atoms with Crippen LogP contribution in [0, 0.1) is 27.7 Å². The summed E-state index contributed by atoms with van der Waals surface area (Å²) in [6.45, 7) is 11.6. The molecule has 0 unspecified atom stereocenters. The monoisotopic (exact) mass is 452 g/mol. The SMILES string of the molecule is Cc1cc(C)c(NC(=O)c2cnc(Nc3nc(C)nc(N4CCN(C)CC4)n3)s2)c(C)c1. The maximum Gasteiger partial charge on any atom is 0.267 e. The minimum absolute atomic E-state index is 0.185. The number of anilines is 4. The molecule has 0 radical (unpaired) electrons. The summed E-state index contributed by atoms with van der Waals surface area (Å²) in [5, 5.41) is 6.70. The van der Waals surface area contributed by atoms with Crippen LogP contribution in [0.2, 0.25) is 0 Å². The minimum atomic E-state index is -0.185. The second-order valence-corrected chi connectivity index (χ2v) is 9.21. The highest BCUT2D eigenvalue weighted by molar-refractivity contribution is 7.17. The van der Waals surface area contributed by atoms with Crippen LogP contribution in [-0.4, -0.2) is 64.0 Å². The van der Waals surface area contributed by atoms with Crippen LogP contribution < -0.4 is 15.5 Å². The van der Waals surface area contributed by atoms with Gasteiger partial charge >= 0.3 is 0 Å². The highest BCUT2D eigenvalue weighted by Crippen LogP contribution is 2.26. The van der Waals surface area contributed by atoms with Gasteiger partial charge in [0.05, 0.1) is 6.20 Å². The molecule has 4 rings (SSSR count). The molecular weight excluding hydrogens is 424 g/mol. The van der Waals surface area contributed by atoms with Crippen molar-refractivity contribution in [3.63, 3.8) is 0 Å². The van der Waals surface area contributed by atoms with E-state index in [1.54, 1.807) is 6.20 Å². The molecule has 1 amide bonds. The molecule has 2 N–H and O–H groups in total. The fraction of sp³-hybridized carbons (Fsp3) is 0.409. The number of carbonyl (C=O) groups is 1. The maximum atomic E-state index is 12.8. The molecular formula is C22H28N8OS. The Labute approximate surface area is 191 Å². The molecule has 2 aromatic heterocycles. The van der Waals surface area contributed by atoms with E-state index in [-0.39, 0.29) is 5.91 Å². The van der Waals surface area contributed by atoms with Crippen molar-refractivity contribution in [2.75, 3.05) is 48.8 Å². The van der Waals surface area contributed by atoms with Crippen LogP contribution in [-0.2, 0) is 0 Å². The normalized spacial score (nSPS) is 14.5. The van der Waals surface area contributed by atoms with E-state index in [0.29, 0.717) is 27.7 Å². The summed E-state index contributed by atoms with van der Waals surface area (Å²) in [6, 6.07) is 4.12. The van der Waals surface area contributed by atoms with E-state index in [0.717, 1.165) is 43.0 Å². The van der Waals surface area contributed by atoms with Crippen LogP contribution in [0.4, 0.5) is 22.7 Å². The molecule has 0 bridgehead atoms. The number of benzene rings is 1. The maximum absolute atomic E-state index is 12.8. The standard InChI is InChI=1S/C22H28N8OS/c1-13-10-14(2)18(15(3)11-13)26-19(31)17-12-23-22(32-17)28-20-24-16(4)25-21(27-20)30-8-6-29(5)7-9-30/h10-12H,6-9H2,1-5H3,(H,26,31)(H,23,24,25,27,28). The van der Waals surface area contributed by atoms with E-state index >= 15 is 0 Å². The lowest BCUT2D eigenvalue weighted by atomic mass is 10.1. The van der Waals surface area contributed by atoms with Crippen LogP contribution in [0.5, 0.6) is 0 Å². The number of amides is 1. The molecule has 3 aromatic rings. The van der Waals surface area contributed by atoms with Gasteiger partial charge in [0.15, 0.2) is 5.13 Å². The smallest absolute Gasteiger partial charge is 0.267 e. The first-order chi connectivity index (χ1) is 15.3. The lowest BCUT2D eigenvalue weighted by molar-refractivity contribution is 0.103. The Morgan fingerprint density at radius 2 is 1.69 bits per heavy atom. The van der Waals surface area contributed by atoms with Crippen molar-refractivity contribution >= 4 is 40.0 Å². The summed E-state index contributed by atoms with van der Waals surface area (Å²) in [5.74, 6) is 1.54. The number of likely N-dealkylation sites (N-methyl/N-ethyl adjacent to an activating group) is 1. The fourth-order valence-corrected chi connectivity index (χ4v) is 4.46. The minimum Gasteiger partial charge on any atom is -0.338 e. The molecule has 1 aliphatic heterocycles. The third kappa shape index (κ3) is 5.03. The largest absolute Gasteiger partial charge is 0.338 e. The first kappa shape index (κ1) is 22.1. The van der Waals surface area contributed by atoms with E-state index in [2.05, 4.69) is 59.5 Å². The number of nitrogens with one attached hydrogen (secondary N) is 2. The molecule has 1 aromatic carbocycles. The Kier molecular flexibility index (Phi) is 6.33. The molecule has 1 fully saturated rings. The number of rotatable bonds is 5. The van der Waals surface area contributed by atoms with E-state index in [4.69, 9.17) is 0 Å². The van der Waals surface area contributed by atoms with Crippen molar-refractivity contribution in [3.8, 4) is 0 Å². The Hall–Kier alpha value is -3.11. The van der Waals surface area contributed by atoms with E-state index in [1.807, 2.05) is 27.7 Å². The van der Waals surface area contributed by atoms with Gasteiger partial charge in [-0.15, -0.1) is 0 Å². The fourth-order valence-electron chi connectivity index (χ4n) is 3.76. The van der Waals surface area contributed by atoms with Gasteiger partial charge in [-0.2, -0.15) is 15.0 Å². The van der Waals surface area contributed by atoms with Gasteiger partial charge in [0.1, 0.15) is 10.7 Å². The highest BCUT2D eigenvalue weighted by atomic mass is 32.1. The van der Waals surface area contributed by atoms with Crippen LogP contribution >= 0.6 is 11.3 Å². The lowest BCUT2D eigenvalue weighted by Crippen LogP contribution is -2.45. The molecule has 10 heteroatoms. The van der Waals surface area contributed by atoms with Gasteiger partial charge in [-0.25, -0.2) is 4.98 Å². The number of carbonyl (C=O) groups excluding carboxylic acids is 1. The van der Waals surface area contributed by atoms with Gasteiger partial charge < -0.3 is 15.1 Å². The number of thiazole rings is 1. The van der Waals surface area contributed by atoms with Crippen LogP contribution in [0.1, 0.15) is 32.2 Å². The van der Waals surface area contributed by atoms with Crippen molar-refractivity contribution in [1.82, 2.24) is 24.8 Å². The number of piperazine rings is 1. The molecule has 0 atom stereocenters. The average Bonchev–Trinajstić information content (AvgIpc) is 3.19. The predicted molar refractivity (Wildman–Crippen MR) is 128 cm³/mol. The van der Waals surface area contributed by atoms with Gasteiger partial charge in [0.2, 0.25) is 11.9 Å². The quantitative estimate of drug-likeness (QED) is 0.608. The molecule has 3 heterocycles. The zero-order chi connectivity index (χ0) is 22.8.